The molecule has 2 fully saturated rings. The molecule has 4 nitrogen and oxygen atoms in total. The topological polar surface area (TPSA) is 64.4 Å². The third-order valence-electron chi connectivity index (χ3n) is 3.45. The number of nitrogens with one attached hydrogen (secondary N) is 1. The summed E-state index contributed by atoms with van der Waals surface area (Å²) < 4.78 is 5.67. The number of halogens is 1. The van der Waals surface area contributed by atoms with E-state index in [9.17, 15) is 4.79 Å². The molecule has 94 valence electrons. The van der Waals surface area contributed by atoms with E-state index < -0.39 is 6.04 Å². The molecule has 2 aliphatic heterocycles. The van der Waals surface area contributed by atoms with Gasteiger partial charge in [-0.1, -0.05) is 13.8 Å². The molecule has 4 atom stereocenters. The lowest BCUT2D eigenvalue weighted by Gasteiger charge is -2.23. The van der Waals surface area contributed by atoms with Crippen LogP contribution in [0.15, 0.2) is 0 Å². The van der Waals surface area contributed by atoms with Crippen molar-refractivity contribution in [2.75, 3.05) is 0 Å². The fourth-order valence-corrected chi connectivity index (χ4v) is 2.37. The van der Waals surface area contributed by atoms with Crippen LogP contribution in [0.5, 0.6) is 0 Å². The summed E-state index contributed by atoms with van der Waals surface area (Å²) in [7, 11) is 0. The summed E-state index contributed by atoms with van der Waals surface area (Å²) >= 11 is 0. The zero-order valence-electron chi connectivity index (χ0n) is 9.81. The van der Waals surface area contributed by atoms with Gasteiger partial charge in [-0.25, -0.2) is 0 Å². The minimum Gasteiger partial charge on any atom is -0.373 e. The molecule has 2 saturated heterocycles. The normalized spacial score (nSPS) is 33.6. The van der Waals surface area contributed by atoms with Crippen molar-refractivity contribution >= 4 is 18.3 Å². The van der Waals surface area contributed by atoms with Gasteiger partial charge >= 0.3 is 0 Å². The van der Waals surface area contributed by atoms with Gasteiger partial charge in [-0.05, 0) is 25.2 Å². The summed E-state index contributed by atoms with van der Waals surface area (Å²) in [6.07, 6.45) is 3.79. The number of carbonyl (C=O) groups is 1. The van der Waals surface area contributed by atoms with Crippen LogP contribution in [0.4, 0.5) is 0 Å². The average Bonchev–Trinajstić information content (AvgIpc) is 2.77. The first-order valence-electron chi connectivity index (χ1n) is 5.79. The van der Waals surface area contributed by atoms with Gasteiger partial charge in [-0.15, -0.1) is 12.4 Å². The van der Waals surface area contributed by atoms with Crippen LogP contribution in [-0.2, 0) is 9.53 Å². The standard InChI is InChI=1S/C11H20N2O2.ClH/c1-6(2)10(12)11(14)13-8-5-7-3-4-9(8)15-7;/h6-10H,3-5,12H2,1-2H3,(H,13,14);1H/t7-,8-,9+,10-;/m1./s1. The van der Waals surface area contributed by atoms with Gasteiger partial charge in [0.15, 0.2) is 0 Å². The lowest BCUT2D eigenvalue weighted by molar-refractivity contribution is -0.124. The van der Waals surface area contributed by atoms with Gasteiger partial charge in [0.25, 0.3) is 0 Å². The van der Waals surface area contributed by atoms with Gasteiger partial charge < -0.3 is 15.8 Å². The van der Waals surface area contributed by atoms with Gasteiger partial charge in [-0.3, -0.25) is 4.79 Å². The van der Waals surface area contributed by atoms with Crippen LogP contribution in [0.1, 0.15) is 33.1 Å². The van der Waals surface area contributed by atoms with E-state index in [0.717, 1.165) is 19.3 Å². The van der Waals surface area contributed by atoms with Crippen molar-refractivity contribution in [3.05, 3.63) is 0 Å². The molecule has 5 heteroatoms. The number of hydrogen-bond donors (Lipinski definition) is 2. The molecule has 0 aromatic rings. The second kappa shape index (κ2) is 5.34. The maximum atomic E-state index is 11.7. The van der Waals surface area contributed by atoms with Crippen LogP contribution >= 0.6 is 12.4 Å². The Morgan fingerprint density at radius 1 is 1.44 bits per heavy atom. The van der Waals surface area contributed by atoms with Crippen LogP contribution in [-0.4, -0.2) is 30.2 Å². The van der Waals surface area contributed by atoms with Crippen LogP contribution in [0.2, 0.25) is 0 Å². The first-order valence-corrected chi connectivity index (χ1v) is 5.79. The Morgan fingerprint density at radius 3 is 2.56 bits per heavy atom. The molecule has 0 aromatic heterocycles. The van der Waals surface area contributed by atoms with Gasteiger partial charge in [-0.2, -0.15) is 0 Å². The number of nitrogens with two attached hydrogens (primary N) is 1. The number of amides is 1. The molecule has 2 heterocycles. The lowest BCUT2D eigenvalue weighted by atomic mass is 9.94. The van der Waals surface area contributed by atoms with E-state index in [1.807, 2.05) is 13.8 Å². The van der Waals surface area contributed by atoms with E-state index in [-0.39, 0.29) is 36.4 Å². The minimum absolute atomic E-state index is 0. The number of rotatable bonds is 3. The van der Waals surface area contributed by atoms with Gasteiger partial charge in [0.2, 0.25) is 5.91 Å². The van der Waals surface area contributed by atoms with Crippen LogP contribution in [0.3, 0.4) is 0 Å². The molecular weight excluding hydrogens is 228 g/mol. The van der Waals surface area contributed by atoms with Crippen molar-refractivity contribution in [2.24, 2.45) is 11.7 Å². The Morgan fingerprint density at radius 2 is 2.12 bits per heavy atom. The average molecular weight is 249 g/mol. The van der Waals surface area contributed by atoms with E-state index in [1.165, 1.54) is 0 Å². The van der Waals surface area contributed by atoms with Crippen molar-refractivity contribution in [3.63, 3.8) is 0 Å². The number of ether oxygens (including phenoxy) is 1. The molecule has 0 saturated carbocycles. The predicted octanol–water partition coefficient (Wildman–Crippen LogP) is 0.828. The molecule has 0 radical (unpaired) electrons. The smallest absolute Gasteiger partial charge is 0.237 e. The monoisotopic (exact) mass is 248 g/mol. The Bertz CT molecular complexity index is 260. The van der Waals surface area contributed by atoms with Crippen LogP contribution in [0, 0.1) is 5.92 Å². The Balaban J connectivity index is 0.00000128. The summed E-state index contributed by atoms with van der Waals surface area (Å²) in [5, 5.41) is 3.00. The van der Waals surface area contributed by atoms with Gasteiger partial charge in [0, 0.05) is 0 Å². The van der Waals surface area contributed by atoms with Crippen molar-refractivity contribution in [1.29, 1.82) is 0 Å². The summed E-state index contributed by atoms with van der Waals surface area (Å²) in [6.45, 7) is 3.92. The summed E-state index contributed by atoms with van der Waals surface area (Å²) in [4.78, 5) is 11.7. The van der Waals surface area contributed by atoms with Crippen molar-refractivity contribution in [1.82, 2.24) is 5.32 Å². The molecule has 0 aromatic carbocycles. The minimum atomic E-state index is -0.399. The maximum Gasteiger partial charge on any atom is 0.237 e. The molecule has 2 aliphatic rings. The third kappa shape index (κ3) is 2.67. The summed E-state index contributed by atoms with van der Waals surface area (Å²) in [5.74, 6) is 0.149. The molecule has 16 heavy (non-hydrogen) atoms. The second-order valence-corrected chi connectivity index (χ2v) is 4.99. The Hall–Kier alpha value is -0.320. The highest BCUT2D eigenvalue weighted by atomic mass is 35.5. The highest BCUT2D eigenvalue weighted by Crippen LogP contribution is 2.34. The molecule has 0 unspecified atom stereocenters. The molecule has 2 rings (SSSR count). The van der Waals surface area contributed by atoms with Crippen molar-refractivity contribution < 1.29 is 9.53 Å². The predicted molar refractivity (Wildman–Crippen MR) is 64.5 cm³/mol. The highest BCUT2D eigenvalue weighted by molar-refractivity contribution is 5.85. The first-order chi connectivity index (χ1) is 7.08. The van der Waals surface area contributed by atoms with E-state index >= 15 is 0 Å². The Kier molecular flexibility index (Phi) is 4.59. The zero-order chi connectivity index (χ0) is 11.0. The summed E-state index contributed by atoms with van der Waals surface area (Å²) in [5.41, 5.74) is 5.78. The van der Waals surface area contributed by atoms with E-state index in [1.54, 1.807) is 0 Å². The van der Waals surface area contributed by atoms with E-state index in [0.29, 0.717) is 6.10 Å². The van der Waals surface area contributed by atoms with Crippen LogP contribution in [0.25, 0.3) is 0 Å². The van der Waals surface area contributed by atoms with E-state index in [4.69, 9.17) is 10.5 Å². The molecule has 3 N–H and O–H groups in total. The van der Waals surface area contributed by atoms with E-state index in [2.05, 4.69) is 5.32 Å². The van der Waals surface area contributed by atoms with Crippen molar-refractivity contribution in [3.8, 4) is 0 Å². The van der Waals surface area contributed by atoms with Gasteiger partial charge in [0.05, 0.1) is 24.3 Å². The molecular formula is C11H21ClN2O2. The largest absolute Gasteiger partial charge is 0.373 e. The Labute approximate surface area is 103 Å². The number of carbonyl (C=O) groups excluding carboxylic acids is 1. The lowest BCUT2D eigenvalue weighted by Crippen LogP contribution is -2.50. The fourth-order valence-electron chi connectivity index (χ4n) is 2.37. The molecule has 0 spiro atoms. The SMILES string of the molecule is CC(C)[C@@H](N)C(=O)N[C@@H]1C[C@H]2CC[C@@H]1O2.Cl. The first kappa shape index (κ1) is 13.7. The fraction of sp³-hybridized carbons (Fsp3) is 0.909. The van der Waals surface area contributed by atoms with Gasteiger partial charge in [0.1, 0.15) is 0 Å². The number of hydrogen-bond acceptors (Lipinski definition) is 3. The highest BCUT2D eigenvalue weighted by Gasteiger charge is 2.41. The maximum absolute atomic E-state index is 11.7. The molecule has 1 amide bonds. The quantitative estimate of drug-likeness (QED) is 0.778. The summed E-state index contributed by atoms with van der Waals surface area (Å²) in [6, 6.07) is -0.204. The van der Waals surface area contributed by atoms with Crippen molar-refractivity contribution in [2.45, 2.75) is 57.4 Å². The zero-order valence-corrected chi connectivity index (χ0v) is 10.6. The third-order valence-corrected chi connectivity index (χ3v) is 3.45. The molecule has 2 bridgehead atoms. The van der Waals surface area contributed by atoms with Crippen LogP contribution < -0.4 is 11.1 Å². The molecule has 0 aliphatic carbocycles. The number of fused-ring (bicyclic) bond motifs is 2. The second-order valence-electron chi connectivity index (χ2n) is 4.99.